The molecule has 16 N–H and O–H groups in total. The average molecular weight is 1560 g/mol. The monoisotopic (exact) mass is 1560 g/mol. The van der Waals surface area contributed by atoms with Gasteiger partial charge in [0.2, 0.25) is 0 Å². The van der Waals surface area contributed by atoms with Crippen molar-refractivity contribution in [3.63, 3.8) is 0 Å². The molecule has 46 heavy (non-hydrogen) atoms. The van der Waals surface area contributed by atoms with Gasteiger partial charge in [-0.3, -0.25) is 0 Å². The fourth-order valence-corrected chi connectivity index (χ4v) is 0. The Kier molecular flexibility index (Phi) is 13000. The summed E-state index contributed by atoms with van der Waals surface area (Å²) in [6.45, 7) is 0. The van der Waals surface area contributed by atoms with Crippen molar-refractivity contribution in [2.24, 2.45) is 0 Å². The van der Waals surface area contributed by atoms with E-state index in [0.29, 0.717) is 0 Å². The SMILES string of the molecule is CO.CO.CO.CO.CO.CO.CO.CO.CO.CO.CO.CO.CO.CO.ClCl.ClCl.[Cl-].[Cl-].[Cl-].[Cl-].[Cl-].[Cl-].[Cl-].[Cl-].[Dy+3].[Dy+3].[Dy].[Dy].[OH-].[OH-]. The molecule has 0 amide bonds. The van der Waals surface area contributed by atoms with Gasteiger partial charge in [-0.25, -0.2) is 0 Å². The summed E-state index contributed by atoms with van der Waals surface area (Å²) in [6, 6.07) is 0. The van der Waals surface area contributed by atoms with Crippen LogP contribution in [0.5, 0.6) is 0 Å². The summed E-state index contributed by atoms with van der Waals surface area (Å²) < 4.78 is 0. The van der Waals surface area contributed by atoms with E-state index in [1.807, 2.05) is 0 Å². The van der Waals surface area contributed by atoms with Crippen molar-refractivity contribution >= 4 is 43.4 Å². The fraction of sp³-hybridized carbons (Fsp3) is 1.00. The minimum Gasteiger partial charge on any atom is -1.00 e. The Hall–Kier alpha value is 7.93. The van der Waals surface area contributed by atoms with Crippen LogP contribution in [0.3, 0.4) is 0 Å². The quantitative estimate of drug-likeness (QED) is 0.107. The average Bonchev–Trinajstić information content (AvgIpc) is 3.05. The molecule has 0 aromatic carbocycles. The summed E-state index contributed by atoms with van der Waals surface area (Å²) in [7, 11) is 30.4. The predicted molar refractivity (Wildman–Crippen MR) is 141 cm³/mol. The van der Waals surface area contributed by atoms with Gasteiger partial charge in [-0.1, -0.05) is 0 Å². The first-order chi connectivity index (χ1) is 16.0. The zero-order valence-corrected chi connectivity index (χ0v) is 44.1. The van der Waals surface area contributed by atoms with Crippen molar-refractivity contribution in [1.82, 2.24) is 0 Å². The van der Waals surface area contributed by atoms with Gasteiger partial charge in [-0.15, -0.1) is 0 Å². The molecular formula is C14H58Cl12Dy4O16-4. The van der Waals surface area contributed by atoms with E-state index in [2.05, 4.69) is 43.4 Å². The van der Waals surface area contributed by atoms with Crippen molar-refractivity contribution in [1.29, 1.82) is 0 Å². The summed E-state index contributed by atoms with van der Waals surface area (Å²) in [4.78, 5) is 0. The number of halogens is 12. The Balaban J connectivity index is -0.00000000208. The maximum Gasteiger partial charge on any atom is 3.00 e. The van der Waals surface area contributed by atoms with Gasteiger partial charge < -0.3 is 182 Å². The minimum atomic E-state index is 0. The number of hydrogen-bond donors (Lipinski definition) is 14. The zero-order chi connectivity index (χ0) is 32.0. The van der Waals surface area contributed by atoms with Crippen LogP contribution >= 0.6 is 43.4 Å². The van der Waals surface area contributed by atoms with Crippen LogP contribution in [0.15, 0.2) is 0 Å². The Morgan fingerprint density at radius 1 is 0.196 bits per heavy atom. The normalized spacial score (nSPS) is 2.09. The molecule has 0 aliphatic heterocycles. The van der Waals surface area contributed by atoms with Crippen LogP contribution in [0.1, 0.15) is 0 Å². The molecule has 338 valence electrons. The third-order valence-electron chi connectivity index (χ3n) is 0. The van der Waals surface area contributed by atoms with Crippen molar-refractivity contribution in [2.75, 3.05) is 99.5 Å². The van der Waals surface area contributed by atoms with E-state index in [1.54, 1.807) is 0 Å². The molecule has 0 aromatic heterocycles. The van der Waals surface area contributed by atoms with Gasteiger partial charge in [0, 0.05) is 219 Å². The smallest absolute Gasteiger partial charge is 1.00 e. The van der Waals surface area contributed by atoms with E-state index in [-0.39, 0.29) is 263 Å². The molecule has 0 heterocycles. The summed E-state index contributed by atoms with van der Waals surface area (Å²) >= 11 is 0. The van der Waals surface area contributed by atoms with Crippen molar-refractivity contribution in [3.05, 3.63) is 0 Å². The van der Waals surface area contributed by atoms with Crippen LogP contribution in [-0.2, 0) is 0 Å². The number of aliphatic hydroxyl groups is 14. The number of hydrogen-bond acceptors (Lipinski definition) is 16. The molecule has 16 nitrogen and oxygen atoms in total. The van der Waals surface area contributed by atoms with Crippen LogP contribution in [0, 0.1) is 153 Å². The van der Waals surface area contributed by atoms with Crippen molar-refractivity contribution < 1.29 is 334 Å². The van der Waals surface area contributed by atoms with E-state index in [0.717, 1.165) is 99.5 Å². The third kappa shape index (κ3) is 2140. The Morgan fingerprint density at radius 2 is 0.196 bits per heavy atom. The van der Waals surface area contributed by atoms with Crippen molar-refractivity contribution in [3.8, 4) is 0 Å². The molecule has 0 saturated heterocycles. The predicted octanol–water partition coefficient (Wildman–Crippen LogP) is -27.0. The van der Waals surface area contributed by atoms with Crippen LogP contribution in [0.2, 0.25) is 0 Å². The fourth-order valence-electron chi connectivity index (χ4n) is 0. The molecule has 0 fully saturated rings. The molecular weight excluding hydrogens is 1500 g/mol. The topological polar surface area (TPSA) is 343 Å². The Morgan fingerprint density at radius 3 is 0.196 bits per heavy atom. The molecule has 0 bridgehead atoms. The van der Waals surface area contributed by atoms with Gasteiger partial charge in [0.05, 0.1) is 0 Å². The van der Waals surface area contributed by atoms with Crippen LogP contribution in [0.4, 0.5) is 0 Å². The second-order valence-corrected chi connectivity index (χ2v) is 0. The van der Waals surface area contributed by atoms with Gasteiger partial charge >= 0.3 is 76.3 Å². The molecule has 2 radical (unpaired) electrons. The second-order valence-electron chi connectivity index (χ2n) is 0. The Bertz CT molecular complexity index is 85.8. The summed E-state index contributed by atoms with van der Waals surface area (Å²) in [6.07, 6.45) is 0. The molecule has 0 rings (SSSR count). The first kappa shape index (κ1) is 264. The molecule has 0 aliphatic carbocycles. The standard InChI is InChI=1S/14CH4O.2Cl2.8ClH.4Dy.2H2O/c16*1-2;;;;;;;;;;;;;;/h14*2H,1H3;;;8*1H;;;;;2*1H2/q;;;;;;;;;;;;;;;;;;;;;;;;;;2*+3;;/p-10. The second kappa shape index (κ2) is 2270. The summed E-state index contributed by atoms with van der Waals surface area (Å²) in [5.41, 5.74) is 0. The number of aliphatic hydroxyl groups excluding tert-OH is 14. The summed E-state index contributed by atoms with van der Waals surface area (Å²) in [5, 5.41) is 98.0. The number of rotatable bonds is 0. The largest absolute Gasteiger partial charge is 3.00 e. The van der Waals surface area contributed by atoms with E-state index < -0.39 is 0 Å². The maximum atomic E-state index is 7.00. The third-order valence-corrected chi connectivity index (χ3v) is 0. The van der Waals surface area contributed by atoms with Crippen LogP contribution in [-0.4, -0.2) is 182 Å². The van der Waals surface area contributed by atoms with E-state index in [9.17, 15) is 0 Å². The molecule has 32 heteroatoms. The maximum absolute atomic E-state index is 7.00. The minimum absolute atomic E-state index is 0. The first-order valence-electron chi connectivity index (χ1n) is 6.55. The molecule has 0 spiro atoms. The van der Waals surface area contributed by atoms with E-state index >= 15 is 0 Å². The van der Waals surface area contributed by atoms with Gasteiger partial charge in [0.25, 0.3) is 0 Å². The van der Waals surface area contributed by atoms with Crippen molar-refractivity contribution in [2.45, 2.75) is 0 Å². The Labute approximate surface area is 468 Å². The first-order valence-corrected chi connectivity index (χ1v) is 8.83. The van der Waals surface area contributed by atoms with E-state index in [4.69, 9.17) is 71.5 Å². The molecule has 0 saturated carbocycles. The van der Waals surface area contributed by atoms with Gasteiger partial charge in [-0.2, -0.15) is 0 Å². The van der Waals surface area contributed by atoms with Gasteiger partial charge in [-0.05, 0) is 0 Å². The molecule has 0 unspecified atom stereocenters. The van der Waals surface area contributed by atoms with E-state index in [1.165, 1.54) is 0 Å². The molecule has 0 atom stereocenters. The van der Waals surface area contributed by atoms with Gasteiger partial charge in [0.15, 0.2) is 0 Å². The summed E-state index contributed by atoms with van der Waals surface area (Å²) in [5.74, 6) is 0. The molecule has 0 aromatic rings. The van der Waals surface area contributed by atoms with Crippen LogP contribution in [0.25, 0.3) is 0 Å². The van der Waals surface area contributed by atoms with Crippen LogP contribution < -0.4 is 99.3 Å². The zero-order valence-electron chi connectivity index (χ0n) is 27.0. The molecule has 0 aliphatic rings. The van der Waals surface area contributed by atoms with Gasteiger partial charge in [0.1, 0.15) is 0 Å².